The van der Waals surface area contributed by atoms with Gasteiger partial charge in [-0.2, -0.15) is 8.78 Å². The number of para-hydroxylation sites is 1. The monoisotopic (exact) mass is 257 g/mol. The molecule has 6 heteroatoms. The van der Waals surface area contributed by atoms with Crippen molar-refractivity contribution >= 4 is 12.0 Å². The van der Waals surface area contributed by atoms with E-state index in [1.54, 1.807) is 18.2 Å². The third kappa shape index (κ3) is 4.14. The first-order valence-electron chi connectivity index (χ1n) is 5.08. The summed E-state index contributed by atoms with van der Waals surface area (Å²) in [6.45, 7) is -2.91. The first-order chi connectivity index (χ1) is 8.54. The fourth-order valence-electron chi connectivity index (χ4n) is 1.18. The molecule has 0 aliphatic heterocycles. The zero-order valence-corrected chi connectivity index (χ0v) is 9.97. The van der Waals surface area contributed by atoms with E-state index in [2.05, 4.69) is 9.57 Å². The average Bonchev–Trinajstić information content (AvgIpc) is 2.35. The number of ether oxygens (including phenoxy) is 1. The van der Waals surface area contributed by atoms with Crippen LogP contribution in [0.25, 0.3) is 6.08 Å². The Hall–Kier alpha value is -1.95. The van der Waals surface area contributed by atoms with Gasteiger partial charge in [0.15, 0.2) is 0 Å². The largest absolute Gasteiger partial charge is 0.434 e. The summed E-state index contributed by atoms with van der Waals surface area (Å²) in [5, 5.41) is 1.01. The number of carbonyl (C=O) groups excluding carboxylic acids is 1. The van der Waals surface area contributed by atoms with Crippen LogP contribution in [0.4, 0.5) is 8.78 Å². The minimum Gasteiger partial charge on any atom is -0.434 e. The van der Waals surface area contributed by atoms with Crippen molar-refractivity contribution < 1.29 is 23.1 Å². The van der Waals surface area contributed by atoms with E-state index in [-0.39, 0.29) is 5.75 Å². The van der Waals surface area contributed by atoms with E-state index in [1.165, 1.54) is 32.4 Å². The third-order valence-electron chi connectivity index (χ3n) is 2.12. The minimum atomic E-state index is -2.91. The second-order valence-corrected chi connectivity index (χ2v) is 3.27. The van der Waals surface area contributed by atoms with Crippen molar-refractivity contribution in [2.45, 2.75) is 6.61 Å². The van der Waals surface area contributed by atoms with Crippen molar-refractivity contribution in [3.63, 3.8) is 0 Å². The molecule has 0 aliphatic rings. The van der Waals surface area contributed by atoms with Gasteiger partial charge >= 0.3 is 6.61 Å². The lowest BCUT2D eigenvalue weighted by Gasteiger charge is -2.10. The second kappa shape index (κ2) is 6.70. The number of nitrogens with zero attached hydrogens (tertiary/aromatic N) is 1. The van der Waals surface area contributed by atoms with Gasteiger partial charge in [0.05, 0.1) is 7.11 Å². The number of hydrogen-bond acceptors (Lipinski definition) is 3. The molecule has 0 unspecified atom stereocenters. The molecule has 1 aromatic rings. The molecule has 0 aliphatic carbocycles. The minimum absolute atomic E-state index is 0.0108. The molecule has 0 aromatic heterocycles. The number of likely N-dealkylation sites (N-methyl/N-ethyl adjacent to an activating group) is 1. The number of carbonyl (C=O) groups is 1. The van der Waals surface area contributed by atoms with Crippen LogP contribution in [0.1, 0.15) is 5.56 Å². The van der Waals surface area contributed by atoms with E-state index in [4.69, 9.17) is 0 Å². The summed E-state index contributed by atoms with van der Waals surface area (Å²) in [6, 6.07) is 6.19. The summed E-state index contributed by atoms with van der Waals surface area (Å²) in [4.78, 5) is 16.1. The predicted molar refractivity (Wildman–Crippen MR) is 61.9 cm³/mol. The number of rotatable bonds is 5. The molecule has 0 spiro atoms. The van der Waals surface area contributed by atoms with Gasteiger partial charge in [0.25, 0.3) is 5.91 Å². The van der Waals surface area contributed by atoms with Gasteiger partial charge in [0, 0.05) is 18.7 Å². The Morgan fingerprint density at radius 2 is 2.06 bits per heavy atom. The molecule has 0 N–H and O–H groups in total. The van der Waals surface area contributed by atoms with Crippen LogP contribution in [0.3, 0.4) is 0 Å². The molecule has 0 saturated heterocycles. The molecule has 98 valence electrons. The normalized spacial score (nSPS) is 10.9. The Bertz CT molecular complexity index is 435. The Morgan fingerprint density at radius 3 is 2.67 bits per heavy atom. The summed E-state index contributed by atoms with van der Waals surface area (Å²) in [5.74, 6) is -0.402. The molecule has 0 radical (unpaired) electrons. The molecule has 1 amide bonds. The van der Waals surface area contributed by atoms with Crippen LogP contribution in [-0.4, -0.2) is 31.7 Å². The van der Waals surface area contributed by atoms with Crippen molar-refractivity contribution in [1.82, 2.24) is 5.06 Å². The topological polar surface area (TPSA) is 38.8 Å². The molecule has 0 saturated carbocycles. The van der Waals surface area contributed by atoms with Crippen molar-refractivity contribution in [3.8, 4) is 5.75 Å². The number of hydroxylamine groups is 2. The number of hydrogen-bond donors (Lipinski definition) is 0. The highest BCUT2D eigenvalue weighted by molar-refractivity contribution is 5.91. The zero-order valence-electron chi connectivity index (χ0n) is 9.97. The van der Waals surface area contributed by atoms with E-state index in [9.17, 15) is 13.6 Å². The second-order valence-electron chi connectivity index (χ2n) is 3.27. The summed E-state index contributed by atoms with van der Waals surface area (Å²) >= 11 is 0. The highest BCUT2D eigenvalue weighted by atomic mass is 19.3. The van der Waals surface area contributed by atoms with Crippen LogP contribution in [0.15, 0.2) is 30.3 Å². The van der Waals surface area contributed by atoms with E-state index in [0.29, 0.717) is 5.56 Å². The molecule has 0 heterocycles. The molecule has 4 nitrogen and oxygen atoms in total. The molecule has 18 heavy (non-hydrogen) atoms. The Labute approximate surface area is 103 Å². The smallest absolute Gasteiger partial charge is 0.387 e. The zero-order chi connectivity index (χ0) is 13.5. The highest BCUT2D eigenvalue weighted by Gasteiger charge is 2.08. The fourth-order valence-corrected chi connectivity index (χ4v) is 1.18. The molecule has 0 bridgehead atoms. The van der Waals surface area contributed by atoms with Crippen molar-refractivity contribution in [2.75, 3.05) is 14.2 Å². The van der Waals surface area contributed by atoms with Crippen molar-refractivity contribution in [2.24, 2.45) is 0 Å². The third-order valence-corrected chi connectivity index (χ3v) is 2.12. The van der Waals surface area contributed by atoms with Crippen molar-refractivity contribution in [1.29, 1.82) is 0 Å². The number of alkyl halides is 2. The van der Waals surface area contributed by atoms with Crippen LogP contribution < -0.4 is 4.74 Å². The average molecular weight is 257 g/mol. The number of halogens is 2. The van der Waals surface area contributed by atoms with Crippen molar-refractivity contribution in [3.05, 3.63) is 35.9 Å². The SMILES string of the molecule is CON(C)C(=O)/C=C/c1ccccc1OC(F)F. The quantitative estimate of drug-likeness (QED) is 0.600. The van der Waals surface area contributed by atoms with Gasteiger partial charge < -0.3 is 4.74 Å². The first-order valence-corrected chi connectivity index (χ1v) is 5.08. The van der Waals surface area contributed by atoms with Gasteiger partial charge in [0.1, 0.15) is 5.75 Å². The predicted octanol–water partition coefficient (Wildman–Crippen LogP) is 2.32. The van der Waals surface area contributed by atoms with Crippen LogP contribution in [0.5, 0.6) is 5.75 Å². The van der Waals surface area contributed by atoms with E-state index >= 15 is 0 Å². The number of amides is 1. The first kappa shape index (κ1) is 14.1. The molecular formula is C12H13F2NO3. The molecule has 1 rings (SSSR count). The highest BCUT2D eigenvalue weighted by Crippen LogP contribution is 2.21. The van der Waals surface area contributed by atoms with E-state index < -0.39 is 12.5 Å². The molecular weight excluding hydrogens is 244 g/mol. The lowest BCUT2D eigenvalue weighted by Crippen LogP contribution is -2.22. The fraction of sp³-hybridized carbons (Fsp3) is 0.250. The summed E-state index contributed by atoms with van der Waals surface area (Å²) in [6.07, 6.45) is 2.59. The summed E-state index contributed by atoms with van der Waals surface area (Å²) in [5.41, 5.74) is 0.385. The lowest BCUT2D eigenvalue weighted by atomic mass is 10.2. The Balaban J connectivity index is 2.83. The van der Waals surface area contributed by atoms with Crippen LogP contribution in [0.2, 0.25) is 0 Å². The van der Waals surface area contributed by atoms with Crippen LogP contribution in [-0.2, 0) is 9.63 Å². The van der Waals surface area contributed by atoms with Gasteiger partial charge in [-0.15, -0.1) is 0 Å². The molecule has 1 aromatic carbocycles. The van der Waals surface area contributed by atoms with Gasteiger partial charge in [-0.3, -0.25) is 9.63 Å². The molecule has 0 fully saturated rings. The Kier molecular flexibility index (Phi) is 5.26. The maximum Gasteiger partial charge on any atom is 0.387 e. The van der Waals surface area contributed by atoms with Crippen LogP contribution in [0, 0.1) is 0 Å². The van der Waals surface area contributed by atoms with Gasteiger partial charge in [0.2, 0.25) is 0 Å². The van der Waals surface area contributed by atoms with E-state index in [1.807, 2.05) is 0 Å². The van der Waals surface area contributed by atoms with Crippen LogP contribution >= 0.6 is 0 Å². The standard InChI is InChI=1S/C12H13F2NO3/c1-15(17-2)11(16)8-7-9-5-3-4-6-10(9)18-12(13)14/h3-8,12H,1-2H3/b8-7+. The van der Waals surface area contributed by atoms with Gasteiger partial charge in [-0.1, -0.05) is 18.2 Å². The Morgan fingerprint density at radius 1 is 1.39 bits per heavy atom. The summed E-state index contributed by atoms with van der Waals surface area (Å²) in [7, 11) is 2.79. The maximum atomic E-state index is 12.1. The summed E-state index contributed by atoms with van der Waals surface area (Å²) < 4.78 is 28.6. The lowest BCUT2D eigenvalue weighted by molar-refractivity contribution is -0.162. The van der Waals surface area contributed by atoms with Gasteiger partial charge in [-0.05, 0) is 12.1 Å². The molecule has 0 atom stereocenters. The van der Waals surface area contributed by atoms with E-state index in [0.717, 1.165) is 5.06 Å². The maximum absolute atomic E-state index is 12.1. The van der Waals surface area contributed by atoms with Gasteiger partial charge in [-0.25, -0.2) is 5.06 Å². The number of benzene rings is 1.